The molecule has 7 heteroatoms. The van der Waals surface area contributed by atoms with Gasteiger partial charge in [0.15, 0.2) is 5.13 Å². The lowest BCUT2D eigenvalue weighted by Gasteiger charge is -2.23. The van der Waals surface area contributed by atoms with E-state index in [-0.39, 0.29) is 16.7 Å². The van der Waals surface area contributed by atoms with Crippen molar-refractivity contribution in [1.29, 1.82) is 0 Å². The Morgan fingerprint density at radius 1 is 1.08 bits per heavy atom. The van der Waals surface area contributed by atoms with E-state index in [9.17, 15) is 14.7 Å². The molecule has 190 valence electrons. The van der Waals surface area contributed by atoms with Crippen LogP contribution in [0.1, 0.15) is 73.7 Å². The molecule has 0 saturated carbocycles. The van der Waals surface area contributed by atoms with Gasteiger partial charge in [-0.15, -0.1) is 11.3 Å². The topological polar surface area (TPSA) is 70.5 Å². The average molecular weight is 531 g/mol. The number of aromatic nitrogens is 1. The van der Waals surface area contributed by atoms with Crippen molar-refractivity contribution in [2.45, 2.75) is 58.9 Å². The zero-order valence-electron chi connectivity index (χ0n) is 21.8. The van der Waals surface area contributed by atoms with Crippen LogP contribution in [-0.4, -0.2) is 21.8 Å². The van der Waals surface area contributed by atoms with E-state index in [4.69, 9.17) is 4.98 Å². The Bertz CT molecular complexity index is 1560. The fraction of sp³-hybridized carbons (Fsp3) is 0.300. The predicted molar refractivity (Wildman–Crippen MR) is 153 cm³/mol. The molecule has 1 unspecified atom stereocenters. The first-order valence-corrected chi connectivity index (χ1v) is 14.0. The molecule has 1 aliphatic heterocycles. The smallest absolute Gasteiger partial charge is 0.301 e. The van der Waals surface area contributed by atoms with Crippen molar-refractivity contribution in [2.24, 2.45) is 0 Å². The van der Waals surface area contributed by atoms with Crippen LogP contribution in [0.15, 0.2) is 59.5 Å². The number of hydrogen-bond acceptors (Lipinski definition) is 6. The highest BCUT2D eigenvalue weighted by molar-refractivity contribution is 7.22. The van der Waals surface area contributed by atoms with Gasteiger partial charge in [-0.2, -0.15) is 0 Å². The number of aliphatic hydroxyl groups is 1. The molecule has 4 aromatic rings. The van der Waals surface area contributed by atoms with Crippen LogP contribution in [0.2, 0.25) is 0 Å². The minimum absolute atomic E-state index is 0.101. The molecule has 0 spiro atoms. The molecule has 5 rings (SSSR count). The second-order valence-corrected chi connectivity index (χ2v) is 12.8. The lowest BCUT2D eigenvalue weighted by Crippen LogP contribution is -2.28. The summed E-state index contributed by atoms with van der Waals surface area (Å²) in [6.07, 6.45) is 0. The fourth-order valence-electron chi connectivity index (χ4n) is 4.63. The van der Waals surface area contributed by atoms with Crippen molar-refractivity contribution in [1.82, 2.24) is 4.98 Å². The van der Waals surface area contributed by atoms with Crippen molar-refractivity contribution in [2.75, 3.05) is 4.90 Å². The van der Waals surface area contributed by atoms with Gasteiger partial charge in [0.25, 0.3) is 5.78 Å². The van der Waals surface area contributed by atoms with Gasteiger partial charge in [-0.05, 0) is 64.6 Å². The molecule has 1 atom stereocenters. The number of Topliss-reactive ketones (excluding diaryl/α,β-unsaturated/α-hetero) is 1. The number of carbonyl (C=O) groups excluding carboxylic acids is 2. The van der Waals surface area contributed by atoms with E-state index in [2.05, 4.69) is 40.7 Å². The molecular formula is C30H30N2O3S2. The Kier molecular flexibility index (Phi) is 6.32. The minimum Gasteiger partial charge on any atom is -0.507 e. The highest BCUT2D eigenvalue weighted by atomic mass is 32.1. The molecule has 1 aliphatic rings. The highest BCUT2D eigenvalue weighted by Gasteiger charge is 2.48. The van der Waals surface area contributed by atoms with Crippen LogP contribution in [0.5, 0.6) is 0 Å². The Morgan fingerprint density at radius 2 is 1.84 bits per heavy atom. The molecule has 2 aromatic heterocycles. The van der Waals surface area contributed by atoms with E-state index in [1.54, 1.807) is 0 Å². The van der Waals surface area contributed by atoms with Gasteiger partial charge < -0.3 is 5.11 Å². The summed E-state index contributed by atoms with van der Waals surface area (Å²) in [5.41, 5.74) is 4.37. The number of aryl methyl sites for hydroxylation is 1. The van der Waals surface area contributed by atoms with Crippen LogP contribution in [0.4, 0.5) is 5.13 Å². The zero-order valence-corrected chi connectivity index (χ0v) is 23.5. The summed E-state index contributed by atoms with van der Waals surface area (Å²) in [5, 5.41) is 14.0. The van der Waals surface area contributed by atoms with Gasteiger partial charge in [-0.25, -0.2) is 4.98 Å². The summed E-state index contributed by atoms with van der Waals surface area (Å²) in [7, 11) is 0. The van der Waals surface area contributed by atoms with Crippen LogP contribution < -0.4 is 4.90 Å². The monoisotopic (exact) mass is 530 g/mol. The highest BCUT2D eigenvalue weighted by Crippen LogP contribution is 2.46. The van der Waals surface area contributed by atoms with Gasteiger partial charge >= 0.3 is 5.91 Å². The van der Waals surface area contributed by atoms with Gasteiger partial charge in [0.05, 0.1) is 15.8 Å². The molecule has 0 aliphatic carbocycles. The van der Waals surface area contributed by atoms with E-state index in [0.29, 0.717) is 16.6 Å². The van der Waals surface area contributed by atoms with Gasteiger partial charge in [0, 0.05) is 10.4 Å². The third-order valence-corrected chi connectivity index (χ3v) is 8.83. The molecule has 2 aromatic carbocycles. The van der Waals surface area contributed by atoms with E-state index in [1.807, 2.05) is 54.8 Å². The Hall–Kier alpha value is -3.29. The average Bonchev–Trinajstić information content (AvgIpc) is 3.56. The number of carbonyl (C=O) groups is 2. The SMILES string of the molecule is Cc1ccc(C(C)(C)C)cc1/C(O)=C1\C(=O)C(=O)N(c2nc3ccc(C(C)C)cc3s2)C1c1cccs1. The lowest BCUT2D eigenvalue weighted by molar-refractivity contribution is -0.132. The van der Waals surface area contributed by atoms with Crippen LogP contribution in [0.3, 0.4) is 0 Å². The summed E-state index contributed by atoms with van der Waals surface area (Å²) in [4.78, 5) is 34.1. The van der Waals surface area contributed by atoms with Gasteiger partial charge in [0.1, 0.15) is 11.8 Å². The molecule has 1 fully saturated rings. The van der Waals surface area contributed by atoms with Crippen LogP contribution in [-0.2, 0) is 15.0 Å². The number of hydrogen-bond donors (Lipinski definition) is 1. The molecule has 37 heavy (non-hydrogen) atoms. The zero-order chi connectivity index (χ0) is 26.6. The van der Waals surface area contributed by atoms with E-state index in [1.165, 1.54) is 33.1 Å². The fourth-order valence-corrected chi connectivity index (χ4v) is 6.49. The summed E-state index contributed by atoms with van der Waals surface area (Å²) >= 11 is 2.84. The quantitative estimate of drug-likeness (QED) is 0.167. The number of thiophene rings is 1. The van der Waals surface area contributed by atoms with Crippen molar-refractivity contribution in [3.05, 3.63) is 86.6 Å². The van der Waals surface area contributed by atoms with E-state index < -0.39 is 17.7 Å². The van der Waals surface area contributed by atoms with Gasteiger partial charge in [-0.1, -0.05) is 70.2 Å². The normalized spacial score (nSPS) is 17.9. The number of nitrogens with zero attached hydrogens (tertiary/aromatic N) is 2. The number of ketones is 1. The minimum atomic E-state index is -0.747. The summed E-state index contributed by atoms with van der Waals surface area (Å²) in [5.74, 6) is -1.15. The van der Waals surface area contributed by atoms with Crippen LogP contribution >= 0.6 is 22.7 Å². The first-order chi connectivity index (χ1) is 17.5. The summed E-state index contributed by atoms with van der Waals surface area (Å²) < 4.78 is 0.960. The van der Waals surface area contributed by atoms with Crippen molar-refractivity contribution >= 4 is 55.5 Å². The van der Waals surface area contributed by atoms with Gasteiger partial charge in [-0.3, -0.25) is 14.5 Å². The number of amides is 1. The molecule has 5 nitrogen and oxygen atoms in total. The van der Waals surface area contributed by atoms with Crippen LogP contribution in [0.25, 0.3) is 16.0 Å². The molecular weight excluding hydrogens is 500 g/mol. The lowest BCUT2D eigenvalue weighted by atomic mass is 9.84. The molecule has 1 N–H and O–H groups in total. The molecule has 0 radical (unpaired) electrons. The second kappa shape index (κ2) is 9.23. The molecule has 3 heterocycles. The standard InChI is InChI=1S/C30H30N2O3S2/c1-16(2)18-10-12-21-23(14-18)37-29(31-21)32-25(22-8-7-13-36-22)24(27(34)28(32)35)26(33)20-15-19(30(4,5)6)11-9-17(20)3/h7-16,25,33H,1-6H3/b26-24+. The van der Waals surface area contributed by atoms with E-state index >= 15 is 0 Å². The number of fused-ring (bicyclic) bond motifs is 1. The maximum absolute atomic E-state index is 13.5. The van der Waals surface area contributed by atoms with E-state index in [0.717, 1.165) is 26.2 Å². The number of rotatable bonds is 4. The van der Waals surface area contributed by atoms with Gasteiger partial charge in [0.2, 0.25) is 0 Å². The molecule has 1 amide bonds. The molecule has 0 bridgehead atoms. The predicted octanol–water partition coefficient (Wildman–Crippen LogP) is 7.71. The summed E-state index contributed by atoms with van der Waals surface area (Å²) in [6.45, 7) is 12.5. The van der Waals surface area contributed by atoms with Crippen molar-refractivity contribution in [3.63, 3.8) is 0 Å². The maximum Gasteiger partial charge on any atom is 0.301 e. The van der Waals surface area contributed by atoms with Crippen LogP contribution in [0, 0.1) is 6.92 Å². The first kappa shape index (κ1) is 25.4. The Labute approximate surface area is 225 Å². The number of benzene rings is 2. The first-order valence-electron chi connectivity index (χ1n) is 12.3. The molecule has 1 saturated heterocycles. The second-order valence-electron chi connectivity index (χ2n) is 10.8. The Morgan fingerprint density at radius 3 is 2.49 bits per heavy atom. The third-order valence-electron chi connectivity index (χ3n) is 6.89. The maximum atomic E-state index is 13.5. The largest absolute Gasteiger partial charge is 0.507 e. The number of thiazole rings is 1. The van der Waals surface area contributed by atoms with Crippen molar-refractivity contribution in [3.8, 4) is 0 Å². The number of aliphatic hydroxyl groups excluding tert-OH is 1. The third kappa shape index (κ3) is 4.40. The van der Waals surface area contributed by atoms with Crippen molar-refractivity contribution < 1.29 is 14.7 Å². The number of anilines is 1. The summed E-state index contributed by atoms with van der Waals surface area (Å²) in [6, 6.07) is 15.1. The Balaban J connectivity index is 1.70.